The molecule has 0 aromatic carbocycles. The summed E-state index contributed by atoms with van der Waals surface area (Å²) in [5.74, 6) is -0.117. The molecule has 246 valence electrons. The van der Waals surface area contributed by atoms with Crippen LogP contribution in [0.2, 0.25) is 58.9 Å². The Hall–Kier alpha value is -0.819. The Morgan fingerprint density at radius 3 is 2.19 bits per heavy atom. The van der Waals surface area contributed by atoms with Crippen LogP contribution in [-0.4, -0.2) is 84.0 Å². The Kier molecular flexibility index (Phi) is 12.2. The summed E-state index contributed by atoms with van der Waals surface area (Å²) in [6, 6.07) is 1.33. The lowest BCUT2D eigenvalue weighted by atomic mass is 9.85. The summed E-state index contributed by atoms with van der Waals surface area (Å²) in [5, 5.41) is 23.2. The molecule has 1 aromatic heterocycles. The van der Waals surface area contributed by atoms with Gasteiger partial charge in [-0.25, -0.2) is 0 Å². The van der Waals surface area contributed by atoms with E-state index in [2.05, 4.69) is 72.8 Å². The van der Waals surface area contributed by atoms with Crippen molar-refractivity contribution in [2.24, 2.45) is 11.8 Å². The van der Waals surface area contributed by atoms with Crippen LogP contribution in [0.3, 0.4) is 0 Å². The van der Waals surface area contributed by atoms with Gasteiger partial charge in [-0.2, -0.15) is 0 Å². The van der Waals surface area contributed by atoms with Crippen molar-refractivity contribution in [1.82, 2.24) is 0 Å². The van der Waals surface area contributed by atoms with E-state index in [0.29, 0.717) is 18.6 Å². The fraction of sp³-hybridized carbons (Fsp3) is 0.828. The highest BCUT2D eigenvalue weighted by molar-refractivity contribution is 7.13. The molecule has 2 saturated heterocycles. The van der Waals surface area contributed by atoms with E-state index in [1.165, 1.54) is 11.4 Å². The Bertz CT molecular complexity index is 1100. The van der Waals surface area contributed by atoms with Gasteiger partial charge in [-0.1, -0.05) is 18.3 Å². The lowest BCUT2D eigenvalue weighted by Crippen LogP contribution is -2.58. The Morgan fingerprint density at radius 1 is 1.05 bits per heavy atom. The fourth-order valence-corrected chi connectivity index (χ4v) is 10.1. The van der Waals surface area contributed by atoms with E-state index in [9.17, 15) is 20.0 Å². The van der Waals surface area contributed by atoms with Crippen LogP contribution in [0.4, 0.5) is 5.00 Å². The number of aliphatic hydroxyl groups is 1. The lowest BCUT2D eigenvalue weighted by molar-refractivity contribution is -0.380. The van der Waals surface area contributed by atoms with Crippen molar-refractivity contribution in [3.05, 3.63) is 27.1 Å². The first kappa shape index (κ1) is 36.6. The van der Waals surface area contributed by atoms with E-state index in [1.807, 2.05) is 0 Å². The maximum absolute atomic E-state index is 13.2. The molecule has 0 amide bonds. The number of nitro groups is 1. The second-order valence-corrected chi connectivity index (χ2v) is 29.4. The molecular formula is C29H53NO9SSi3. The van der Waals surface area contributed by atoms with Gasteiger partial charge in [0.25, 0.3) is 0 Å². The lowest BCUT2D eigenvalue weighted by Gasteiger charge is -2.47. The van der Waals surface area contributed by atoms with Gasteiger partial charge in [0.05, 0.1) is 48.2 Å². The first-order chi connectivity index (χ1) is 19.6. The molecule has 0 saturated carbocycles. The van der Waals surface area contributed by atoms with Gasteiger partial charge < -0.3 is 27.9 Å². The minimum atomic E-state index is -2.06. The zero-order chi connectivity index (χ0) is 32.5. The van der Waals surface area contributed by atoms with Crippen molar-refractivity contribution in [3.8, 4) is 0 Å². The van der Waals surface area contributed by atoms with Gasteiger partial charge in [0.2, 0.25) is 0 Å². The summed E-state index contributed by atoms with van der Waals surface area (Å²) in [6.45, 7) is 24.1. The van der Waals surface area contributed by atoms with Gasteiger partial charge in [-0.05, 0) is 71.4 Å². The predicted molar refractivity (Wildman–Crippen MR) is 176 cm³/mol. The molecule has 2 aliphatic rings. The minimum Gasteiger partial charge on any atom is -0.415 e. The highest BCUT2D eigenvalue weighted by Gasteiger charge is 2.52. The average Bonchev–Trinajstić information content (AvgIpc) is 3.39. The van der Waals surface area contributed by atoms with Gasteiger partial charge >= 0.3 is 5.00 Å². The molecule has 0 radical (unpaired) electrons. The first-order valence-electron chi connectivity index (χ1n) is 15.4. The third kappa shape index (κ3) is 11.5. The Balaban J connectivity index is 1.73. The van der Waals surface area contributed by atoms with Crippen LogP contribution >= 0.6 is 11.3 Å². The van der Waals surface area contributed by atoms with E-state index >= 15 is 0 Å². The zero-order valence-corrected chi connectivity index (χ0v) is 31.6. The van der Waals surface area contributed by atoms with Crippen LogP contribution in [-0.2, 0) is 27.5 Å². The van der Waals surface area contributed by atoms with Crippen LogP contribution in [0.25, 0.3) is 0 Å². The molecule has 0 bridgehead atoms. The van der Waals surface area contributed by atoms with Crippen LogP contribution in [0.15, 0.2) is 11.4 Å². The Labute approximate surface area is 264 Å². The highest BCUT2D eigenvalue weighted by atomic mass is 32.1. The largest absolute Gasteiger partial charge is 0.415 e. The summed E-state index contributed by atoms with van der Waals surface area (Å²) in [7, 11) is -5.77. The monoisotopic (exact) mass is 675 g/mol. The standard InChI is InChI=1S/C29H53NO9SSi3/c1-18(19(2)37-41(3,4)5)27-25(36-27)15-24-29(39-43(9,10)11)28(38-42(6,7)8)20(16-35-24)12-22(31)14-23(32)21-13-26(30(33)34)40-17-21/h13,17-20,23-25,27-29,32H,12,14-16H2,1-11H3/t18-,19+,20+,23?,24+,25+,27+,28-,29-/m1/s1. The smallest absolute Gasteiger partial charge is 0.324 e. The molecule has 3 rings (SSSR count). The quantitative estimate of drug-likeness (QED) is 0.0900. The van der Waals surface area contributed by atoms with Crippen molar-refractivity contribution in [2.75, 3.05) is 6.61 Å². The van der Waals surface area contributed by atoms with Crippen molar-refractivity contribution in [3.63, 3.8) is 0 Å². The van der Waals surface area contributed by atoms with Crippen molar-refractivity contribution >= 4 is 47.1 Å². The van der Waals surface area contributed by atoms with Crippen LogP contribution in [0.5, 0.6) is 0 Å². The number of rotatable bonds is 16. The number of aliphatic hydroxyl groups excluding tert-OH is 1. The van der Waals surface area contributed by atoms with Crippen molar-refractivity contribution in [2.45, 2.75) is 135 Å². The van der Waals surface area contributed by atoms with Crippen LogP contribution in [0, 0.1) is 22.0 Å². The molecule has 0 spiro atoms. The molecule has 2 fully saturated rings. The van der Waals surface area contributed by atoms with Gasteiger partial charge in [0.1, 0.15) is 5.78 Å². The number of nitrogens with zero attached hydrogens (tertiary/aromatic N) is 1. The topological polar surface area (TPSA) is 130 Å². The number of ketones is 1. The molecule has 1 N–H and O–H groups in total. The van der Waals surface area contributed by atoms with Crippen LogP contribution < -0.4 is 0 Å². The number of epoxide rings is 1. The highest BCUT2D eigenvalue weighted by Crippen LogP contribution is 2.41. The number of hydrogen-bond acceptors (Lipinski definition) is 10. The van der Waals surface area contributed by atoms with E-state index in [-0.39, 0.29) is 72.1 Å². The van der Waals surface area contributed by atoms with E-state index in [0.717, 1.165) is 11.3 Å². The van der Waals surface area contributed by atoms with Gasteiger partial charge in [-0.15, -0.1) is 0 Å². The van der Waals surface area contributed by atoms with E-state index < -0.39 is 36.0 Å². The fourth-order valence-electron chi connectivity index (χ4n) is 5.71. The number of thiophene rings is 1. The summed E-state index contributed by atoms with van der Waals surface area (Å²) in [4.78, 5) is 23.8. The van der Waals surface area contributed by atoms with Gasteiger partial charge in [-0.3, -0.25) is 14.9 Å². The van der Waals surface area contributed by atoms with Crippen molar-refractivity contribution in [1.29, 1.82) is 0 Å². The Morgan fingerprint density at radius 2 is 1.65 bits per heavy atom. The number of carbonyl (C=O) groups is 1. The molecule has 1 aromatic rings. The number of ether oxygens (including phenoxy) is 2. The second kappa shape index (κ2) is 14.3. The summed E-state index contributed by atoms with van der Waals surface area (Å²) in [6.07, 6.45) is -1.01. The number of Topliss-reactive ketones (excluding diaryl/α,β-unsaturated/α-hetero) is 1. The zero-order valence-electron chi connectivity index (χ0n) is 27.7. The SMILES string of the molecule is C[C@@H]([C@@H]1O[C@H]1C[C@@H]1OC[C@H](CC(=O)CC(O)c2csc([N+](=O)[O-])c2)[C@@H](O[Si](C)(C)C)[C@@H]1O[Si](C)(C)C)[C@H](C)O[Si](C)(C)C. The van der Waals surface area contributed by atoms with Crippen LogP contribution in [0.1, 0.15) is 44.8 Å². The van der Waals surface area contributed by atoms with Gasteiger partial charge in [0.15, 0.2) is 25.0 Å². The third-order valence-electron chi connectivity index (χ3n) is 7.62. The van der Waals surface area contributed by atoms with E-state index in [1.54, 1.807) is 0 Å². The molecule has 43 heavy (non-hydrogen) atoms. The average molecular weight is 676 g/mol. The normalized spacial score (nSPS) is 28.7. The second-order valence-electron chi connectivity index (χ2n) is 15.1. The maximum Gasteiger partial charge on any atom is 0.324 e. The van der Waals surface area contributed by atoms with Crippen molar-refractivity contribution < 1.29 is 37.6 Å². The number of carbonyl (C=O) groups excluding carboxylic acids is 1. The molecule has 10 nitrogen and oxygen atoms in total. The maximum atomic E-state index is 13.2. The third-order valence-corrected chi connectivity index (χ3v) is 11.6. The summed E-state index contributed by atoms with van der Waals surface area (Å²) >= 11 is 0.943. The first-order valence-corrected chi connectivity index (χ1v) is 26.5. The number of hydrogen-bond donors (Lipinski definition) is 1. The summed E-state index contributed by atoms with van der Waals surface area (Å²) < 4.78 is 32.6. The molecule has 9 atom stereocenters. The van der Waals surface area contributed by atoms with E-state index in [4.69, 9.17) is 22.8 Å². The predicted octanol–water partition coefficient (Wildman–Crippen LogP) is 6.53. The minimum absolute atomic E-state index is 0.0518. The molecule has 14 heteroatoms. The molecule has 2 aliphatic heterocycles. The van der Waals surface area contributed by atoms with Gasteiger partial charge in [0, 0.05) is 48.6 Å². The molecular weight excluding hydrogens is 623 g/mol. The molecule has 1 unspecified atom stereocenters. The summed E-state index contributed by atoms with van der Waals surface area (Å²) in [5.41, 5.74) is 0.387. The molecule has 0 aliphatic carbocycles. The molecule has 3 heterocycles.